The molecular formula is C42H46P+. The maximum Gasteiger partial charge on any atom is 0.116 e. The molecule has 1 heteroatoms. The Morgan fingerprint density at radius 2 is 0.977 bits per heavy atom. The van der Waals surface area contributed by atoms with Gasteiger partial charge in [0, 0.05) is 0 Å². The lowest BCUT2D eigenvalue weighted by atomic mass is 9.77. The van der Waals surface area contributed by atoms with E-state index >= 15 is 0 Å². The van der Waals surface area contributed by atoms with Crippen molar-refractivity contribution in [2.45, 2.75) is 70.4 Å². The van der Waals surface area contributed by atoms with E-state index in [1.807, 2.05) is 0 Å². The lowest BCUT2D eigenvalue weighted by Crippen LogP contribution is -2.32. The Hall–Kier alpha value is -3.47. The van der Waals surface area contributed by atoms with Crippen molar-refractivity contribution < 1.29 is 0 Å². The molecule has 218 valence electrons. The van der Waals surface area contributed by atoms with E-state index in [9.17, 15) is 0 Å². The van der Waals surface area contributed by atoms with Crippen molar-refractivity contribution in [1.29, 1.82) is 0 Å². The fraction of sp³-hybridized carbons (Fsp3) is 0.286. The molecule has 0 aromatic heterocycles. The average Bonchev–Trinajstić information content (AvgIpc) is 3.09. The Kier molecular flexibility index (Phi) is 9.87. The molecule has 0 radical (unpaired) electrons. The van der Waals surface area contributed by atoms with E-state index in [1.165, 1.54) is 89.5 Å². The molecule has 1 saturated carbocycles. The Bertz CT molecular complexity index is 1420. The Morgan fingerprint density at radius 1 is 0.512 bits per heavy atom. The van der Waals surface area contributed by atoms with Crippen LogP contribution in [0.3, 0.4) is 0 Å². The summed E-state index contributed by atoms with van der Waals surface area (Å²) in [5, 5.41) is 4.30. The topological polar surface area (TPSA) is 0 Å². The minimum atomic E-state index is -1.90. The number of benzene rings is 5. The molecule has 0 nitrogen and oxygen atoms in total. The van der Waals surface area contributed by atoms with Gasteiger partial charge in [-0.25, -0.2) is 0 Å². The minimum absolute atomic E-state index is 0.741. The van der Waals surface area contributed by atoms with Gasteiger partial charge in [-0.05, 0) is 96.2 Å². The highest BCUT2D eigenvalue weighted by Crippen LogP contribution is 2.58. The predicted molar refractivity (Wildman–Crippen MR) is 190 cm³/mol. The standard InChI is InChI=1S/C42H46P/c1-2-3-7-14-34-21-25-36(26-22-34)38-29-31-39(32-30-38)37-27-23-35(24-28-37)33-43(40-15-8-4-9-16-40,41-17-10-5-11-18-41)42-19-12-6-13-20-42/h4-6,8-13,15-20,23-24,27-32,34,36H,2-3,7,14,21-22,25-26,33H2,1H3/q+1. The SMILES string of the molecule is CCCCCC1CCC(c2ccc(-c3ccc(C[P+](c4ccccc4)(c4ccccc4)c4ccccc4)cc3)cc2)CC1. The quantitative estimate of drug-likeness (QED) is 0.108. The van der Waals surface area contributed by atoms with Crippen LogP contribution < -0.4 is 15.9 Å². The van der Waals surface area contributed by atoms with E-state index in [4.69, 9.17) is 0 Å². The zero-order chi connectivity index (χ0) is 29.3. The number of hydrogen-bond donors (Lipinski definition) is 0. The molecule has 0 N–H and O–H groups in total. The van der Waals surface area contributed by atoms with E-state index < -0.39 is 7.26 Å². The third-order valence-electron chi connectivity index (χ3n) is 9.74. The van der Waals surface area contributed by atoms with Crippen LogP contribution in [0.2, 0.25) is 0 Å². The van der Waals surface area contributed by atoms with Crippen LogP contribution in [0.25, 0.3) is 11.1 Å². The monoisotopic (exact) mass is 581 g/mol. The maximum absolute atomic E-state index is 2.40. The van der Waals surface area contributed by atoms with Crippen molar-refractivity contribution >= 4 is 23.2 Å². The molecule has 0 unspecified atom stereocenters. The van der Waals surface area contributed by atoms with Crippen molar-refractivity contribution in [3.8, 4) is 11.1 Å². The first-order valence-electron chi connectivity index (χ1n) is 16.5. The average molecular weight is 582 g/mol. The number of rotatable bonds is 11. The zero-order valence-electron chi connectivity index (χ0n) is 25.7. The Balaban J connectivity index is 1.22. The predicted octanol–water partition coefficient (Wildman–Crippen LogP) is 10.7. The van der Waals surface area contributed by atoms with Gasteiger partial charge in [0.15, 0.2) is 0 Å². The summed E-state index contributed by atoms with van der Waals surface area (Å²) in [4.78, 5) is 0. The van der Waals surface area contributed by atoms with Crippen molar-refractivity contribution in [3.05, 3.63) is 151 Å². The molecule has 5 aromatic carbocycles. The highest BCUT2D eigenvalue weighted by molar-refractivity contribution is 7.95. The number of unbranched alkanes of at least 4 members (excludes halogenated alkanes) is 2. The van der Waals surface area contributed by atoms with E-state index in [0.29, 0.717) is 0 Å². The van der Waals surface area contributed by atoms with Crippen molar-refractivity contribution in [3.63, 3.8) is 0 Å². The van der Waals surface area contributed by atoms with E-state index in [-0.39, 0.29) is 0 Å². The van der Waals surface area contributed by atoms with Crippen LogP contribution in [-0.4, -0.2) is 0 Å². The lowest BCUT2D eigenvalue weighted by molar-refractivity contribution is 0.303. The molecule has 0 aliphatic heterocycles. The zero-order valence-corrected chi connectivity index (χ0v) is 26.6. The molecule has 0 heterocycles. The van der Waals surface area contributed by atoms with Gasteiger partial charge < -0.3 is 0 Å². The second-order valence-corrected chi connectivity index (χ2v) is 16.0. The Morgan fingerprint density at radius 3 is 1.44 bits per heavy atom. The van der Waals surface area contributed by atoms with Crippen LogP contribution in [0.1, 0.15) is 75.3 Å². The summed E-state index contributed by atoms with van der Waals surface area (Å²) in [6.07, 6.45) is 12.2. The molecule has 6 rings (SSSR count). The molecule has 0 saturated heterocycles. The van der Waals surface area contributed by atoms with Crippen LogP contribution in [0.4, 0.5) is 0 Å². The molecule has 1 aliphatic rings. The lowest BCUT2D eigenvalue weighted by Gasteiger charge is -2.29. The van der Waals surface area contributed by atoms with Crippen LogP contribution >= 0.6 is 7.26 Å². The van der Waals surface area contributed by atoms with Gasteiger partial charge in [0.25, 0.3) is 0 Å². The fourth-order valence-electron chi connectivity index (χ4n) is 7.26. The first kappa shape index (κ1) is 29.6. The molecule has 1 fully saturated rings. The molecule has 0 atom stereocenters. The van der Waals surface area contributed by atoms with Gasteiger partial charge in [-0.3, -0.25) is 0 Å². The largest absolute Gasteiger partial charge is 0.116 e. The summed E-state index contributed by atoms with van der Waals surface area (Å²) in [6.45, 7) is 2.31. The summed E-state index contributed by atoms with van der Waals surface area (Å²) in [7, 11) is -1.90. The summed E-state index contributed by atoms with van der Waals surface area (Å²) in [5.41, 5.74) is 5.55. The summed E-state index contributed by atoms with van der Waals surface area (Å²) >= 11 is 0. The second-order valence-electron chi connectivity index (χ2n) is 12.5. The molecule has 43 heavy (non-hydrogen) atoms. The minimum Gasteiger partial charge on any atom is -0.0654 e. The van der Waals surface area contributed by atoms with Gasteiger partial charge in [0.2, 0.25) is 0 Å². The van der Waals surface area contributed by atoms with E-state index in [2.05, 4.69) is 146 Å². The number of hydrogen-bond acceptors (Lipinski definition) is 0. The van der Waals surface area contributed by atoms with Crippen molar-refractivity contribution in [1.82, 2.24) is 0 Å². The molecule has 0 bridgehead atoms. The van der Waals surface area contributed by atoms with Gasteiger partial charge in [-0.1, -0.05) is 136 Å². The Labute approximate surface area is 260 Å². The summed E-state index contributed by atoms with van der Waals surface area (Å²) < 4.78 is 0. The first-order chi connectivity index (χ1) is 21.3. The van der Waals surface area contributed by atoms with E-state index in [1.54, 1.807) is 0 Å². The van der Waals surface area contributed by atoms with Crippen molar-refractivity contribution in [2.75, 3.05) is 0 Å². The van der Waals surface area contributed by atoms with Crippen LogP contribution in [0.5, 0.6) is 0 Å². The molecular weight excluding hydrogens is 535 g/mol. The second kappa shape index (κ2) is 14.3. The van der Waals surface area contributed by atoms with Gasteiger partial charge >= 0.3 is 0 Å². The first-order valence-corrected chi connectivity index (χ1v) is 18.5. The summed E-state index contributed by atoms with van der Waals surface area (Å²) in [5.74, 6) is 1.71. The highest BCUT2D eigenvalue weighted by Gasteiger charge is 2.45. The molecule has 0 spiro atoms. The van der Waals surface area contributed by atoms with Crippen LogP contribution in [-0.2, 0) is 6.16 Å². The van der Waals surface area contributed by atoms with Crippen molar-refractivity contribution in [2.24, 2.45) is 5.92 Å². The maximum atomic E-state index is 2.40. The summed E-state index contributed by atoms with van der Waals surface area (Å²) in [6, 6.07) is 52.5. The highest BCUT2D eigenvalue weighted by atomic mass is 31.2. The van der Waals surface area contributed by atoms with Crippen LogP contribution in [0.15, 0.2) is 140 Å². The van der Waals surface area contributed by atoms with Gasteiger partial charge in [-0.2, -0.15) is 0 Å². The van der Waals surface area contributed by atoms with E-state index in [0.717, 1.165) is 18.0 Å². The van der Waals surface area contributed by atoms with Gasteiger partial charge in [0.1, 0.15) is 23.2 Å². The third kappa shape index (κ3) is 6.87. The van der Waals surface area contributed by atoms with Gasteiger partial charge in [0.05, 0.1) is 6.16 Å². The van der Waals surface area contributed by atoms with Gasteiger partial charge in [-0.15, -0.1) is 0 Å². The fourth-order valence-corrected chi connectivity index (χ4v) is 11.5. The van der Waals surface area contributed by atoms with Crippen LogP contribution in [0, 0.1) is 5.92 Å². The molecule has 1 aliphatic carbocycles. The third-order valence-corrected chi connectivity index (χ3v) is 14.1. The molecule has 5 aromatic rings. The molecule has 0 amide bonds. The normalized spacial score (nSPS) is 17.0. The smallest absolute Gasteiger partial charge is 0.0654 e.